The number of aromatic nitrogens is 2. The Kier molecular flexibility index (Phi) is 6.63. The third-order valence-corrected chi connectivity index (χ3v) is 9.55. The summed E-state index contributed by atoms with van der Waals surface area (Å²) in [5.41, 5.74) is 1.86. The van der Waals surface area contributed by atoms with Crippen LogP contribution in [-0.4, -0.2) is 56.8 Å². The lowest BCUT2D eigenvalue weighted by atomic mass is 10.1. The Balaban J connectivity index is 1.61. The van der Waals surface area contributed by atoms with E-state index in [0.29, 0.717) is 54.0 Å². The number of carbonyl (C=O) groups excluding carboxylic acids is 1. The molecule has 0 bridgehead atoms. The van der Waals surface area contributed by atoms with Crippen molar-refractivity contribution in [3.05, 3.63) is 66.4 Å². The summed E-state index contributed by atoms with van der Waals surface area (Å²) >= 11 is 0. The van der Waals surface area contributed by atoms with Gasteiger partial charge in [-0.1, -0.05) is 18.2 Å². The van der Waals surface area contributed by atoms with Crippen molar-refractivity contribution in [2.24, 2.45) is 0 Å². The summed E-state index contributed by atoms with van der Waals surface area (Å²) in [6.07, 6.45) is 1.01. The van der Waals surface area contributed by atoms with Crippen LogP contribution in [0.3, 0.4) is 0 Å². The van der Waals surface area contributed by atoms with E-state index in [-0.39, 0.29) is 18.1 Å². The van der Waals surface area contributed by atoms with Gasteiger partial charge in [-0.3, -0.25) is 0 Å². The molecule has 9 nitrogen and oxygen atoms in total. The number of urea groups is 1. The van der Waals surface area contributed by atoms with Crippen LogP contribution in [0.4, 0.5) is 16.3 Å². The van der Waals surface area contributed by atoms with Gasteiger partial charge in [0, 0.05) is 24.4 Å². The number of amides is 2. The second-order valence-corrected chi connectivity index (χ2v) is 11.9. The number of hydrogen-bond acceptors (Lipinski definition) is 7. The monoisotopic (exact) mass is 521 g/mol. The maximum Gasteiger partial charge on any atom is 0.318 e. The molecule has 1 aliphatic heterocycles. The molecule has 1 aromatic heterocycles. The minimum atomic E-state index is -3.66. The van der Waals surface area contributed by atoms with Gasteiger partial charge in [-0.2, -0.15) is 0 Å². The van der Waals surface area contributed by atoms with Gasteiger partial charge in [0.05, 0.1) is 35.9 Å². The van der Waals surface area contributed by atoms with E-state index in [1.165, 1.54) is 0 Å². The van der Waals surface area contributed by atoms with Crippen LogP contribution >= 0.6 is 0 Å². The molecule has 0 spiro atoms. The zero-order chi connectivity index (χ0) is 26.2. The number of anilines is 2. The van der Waals surface area contributed by atoms with Gasteiger partial charge >= 0.3 is 6.03 Å². The fourth-order valence-electron chi connectivity index (χ4n) is 4.88. The fourth-order valence-corrected chi connectivity index (χ4v) is 6.87. The number of carbonyl (C=O) groups is 1. The number of nitrogens with one attached hydrogen (secondary N) is 2. The number of benzene rings is 2. The van der Waals surface area contributed by atoms with E-state index < -0.39 is 14.6 Å². The van der Waals surface area contributed by atoms with Crippen molar-refractivity contribution in [3.8, 4) is 11.4 Å². The van der Waals surface area contributed by atoms with E-state index in [0.717, 1.165) is 5.56 Å². The summed E-state index contributed by atoms with van der Waals surface area (Å²) < 4.78 is 32.3. The van der Waals surface area contributed by atoms with Crippen LogP contribution in [0.1, 0.15) is 32.4 Å². The van der Waals surface area contributed by atoms with Crippen molar-refractivity contribution in [1.29, 1.82) is 0 Å². The lowest BCUT2D eigenvalue weighted by Gasteiger charge is -2.40. The van der Waals surface area contributed by atoms with E-state index in [1.54, 1.807) is 43.4 Å². The van der Waals surface area contributed by atoms with Crippen molar-refractivity contribution in [2.75, 3.05) is 30.5 Å². The largest absolute Gasteiger partial charge is 0.377 e. The molecule has 2 fully saturated rings. The van der Waals surface area contributed by atoms with Crippen LogP contribution in [-0.2, 0) is 19.3 Å². The second kappa shape index (κ2) is 9.75. The van der Waals surface area contributed by atoms with E-state index in [9.17, 15) is 13.2 Å². The average Bonchev–Trinajstić information content (AvgIpc) is 3.72. The van der Waals surface area contributed by atoms with E-state index >= 15 is 0 Å². The van der Waals surface area contributed by atoms with Crippen LogP contribution in [0.15, 0.2) is 65.6 Å². The first kappa shape index (κ1) is 25.2. The van der Waals surface area contributed by atoms with Crippen molar-refractivity contribution in [3.63, 3.8) is 0 Å². The van der Waals surface area contributed by atoms with Crippen LogP contribution in [0.5, 0.6) is 0 Å². The Morgan fingerprint density at radius 3 is 2.24 bits per heavy atom. The highest BCUT2D eigenvalue weighted by atomic mass is 32.2. The standard InChI is InChI=1S/C27H31N5O4S/c1-18-16-36-17-19(2)32(18)24-15-23(27(13-14-27)37(34,35)22-7-5-4-6-8-22)30-25(31-24)20-9-11-21(12-10-20)29-26(33)28-3/h4-12,15,18-19H,13-14,16-17H2,1-3H3,(H2,28,29,33). The Bertz CT molecular complexity index is 1380. The predicted octanol–water partition coefficient (Wildman–Crippen LogP) is 3.97. The molecule has 0 radical (unpaired) electrons. The fraction of sp³-hybridized carbons (Fsp3) is 0.370. The third kappa shape index (κ3) is 4.67. The lowest BCUT2D eigenvalue weighted by Crippen LogP contribution is -2.50. The molecule has 2 N–H and O–H groups in total. The molecule has 37 heavy (non-hydrogen) atoms. The van der Waals surface area contributed by atoms with Crippen molar-refractivity contribution >= 4 is 27.4 Å². The van der Waals surface area contributed by atoms with Crippen molar-refractivity contribution in [2.45, 2.75) is 48.4 Å². The molecule has 2 unspecified atom stereocenters. The number of sulfone groups is 1. The van der Waals surface area contributed by atoms with E-state index in [4.69, 9.17) is 14.7 Å². The first-order valence-corrected chi connectivity index (χ1v) is 13.9. The number of hydrogen-bond donors (Lipinski definition) is 2. The summed E-state index contributed by atoms with van der Waals surface area (Å²) in [6, 6.07) is 17.4. The molecule has 3 aromatic rings. The first-order chi connectivity index (χ1) is 17.7. The molecular formula is C27H31N5O4S. The molecule has 1 aliphatic carbocycles. The first-order valence-electron chi connectivity index (χ1n) is 12.4. The number of nitrogens with zero attached hydrogens (tertiary/aromatic N) is 3. The van der Waals surface area contributed by atoms with Gasteiger partial charge in [0.15, 0.2) is 15.7 Å². The Labute approximate surface area is 217 Å². The number of ether oxygens (including phenoxy) is 1. The molecule has 2 aliphatic rings. The molecule has 194 valence electrons. The number of morpholine rings is 1. The highest BCUT2D eigenvalue weighted by molar-refractivity contribution is 7.92. The minimum Gasteiger partial charge on any atom is -0.377 e. The predicted molar refractivity (Wildman–Crippen MR) is 142 cm³/mol. The zero-order valence-electron chi connectivity index (χ0n) is 21.1. The number of rotatable bonds is 6. The molecule has 2 atom stereocenters. The van der Waals surface area contributed by atoms with Gasteiger partial charge in [-0.25, -0.2) is 23.2 Å². The third-order valence-electron chi connectivity index (χ3n) is 7.01. The summed E-state index contributed by atoms with van der Waals surface area (Å²) in [5.74, 6) is 1.13. The minimum absolute atomic E-state index is 0.0689. The topological polar surface area (TPSA) is 114 Å². The molecular weight excluding hydrogens is 490 g/mol. The zero-order valence-corrected chi connectivity index (χ0v) is 22.0. The Morgan fingerprint density at radius 1 is 1.00 bits per heavy atom. The molecule has 1 saturated heterocycles. The normalized spacial score (nSPS) is 20.8. The molecule has 2 heterocycles. The van der Waals surface area contributed by atoms with Crippen LogP contribution in [0.25, 0.3) is 11.4 Å². The quantitative estimate of drug-likeness (QED) is 0.505. The second-order valence-electron chi connectivity index (χ2n) is 9.67. The van der Waals surface area contributed by atoms with E-state index in [2.05, 4.69) is 29.4 Å². The summed E-state index contributed by atoms with van der Waals surface area (Å²) in [7, 11) is -2.11. The highest BCUT2D eigenvalue weighted by Gasteiger charge is 2.58. The van der Waals surface area contributed by atoms with Crippen molar-refractivity contribution < 1.29 is 17.9 Å². The molecule has 1 saturated carbocycles. The maximum atomic E-state index is 13.8. The maximum absolute atomic E-state index is 13.8. The van der Waals surface area contributed by atoms with Gasteiger partial charge in [-0.15, -0.1) is 0 Å². The van der Waals surface area contributed by atoms with Gasteiger partial charge in [0.25, 0.3) is 0 Å². The summed E-state index contributed by atoms with van der Waals surface area (Å²) in [4.78, 5) is 23.9. The lowest BCUT2D eigenvalue weighted by molar-refractivity contribution is 0.0752. The van der Waals surface area contributed by atoms with Gasteiger partial charge in [0.1, 0.15) is 10.6 Å². The van der Waals surface area contributed by atoms with Gasteiger partial charge < -0.3 is 20.3 Å². The highest BCUT2D eigenvalue weighted by Crippen LogP contribution is 2.55. The molecule has 2 aromatic carbocycles. The molecule has 2 amide bonds. The molecule has 5 rings (SSSR count). The van der Waals surface area contributed by atoms with Crippen LogP contribution in [0, 0.1) is 0 Å². The van der Waals surface area contributed by atoms with Gasteiger partial charge in [-0.05, 0) is 63.1 Å². The summed E-state index contributed by atoms with van der Waals surface area (Å²) in [6.45, 7) is 5.27. The van der Waals surface area contributed by atoms with Gasteiger partial charge in [0.2, 0.25) is 0 Å². The van der Waals surface area contributed by atoms with Crippen molar-refractivity contribution in [1.82, 2.24) is 15.3 Å². The Hall–Kier alpha value is -3.50. The Morgan fingerprint density at radius 2 is 1.65 bits per heavy atom. The average molecular weight is 522 g/mol. The molecule has 10 heteroatoms. The smallest absolute Gasteiger partial charge is 0.318 e. The van der Waals surface area contributed by atoms with E-state index in [1.807, 2.05) is 24.3 Å². The van der Waals surface area contributed by atoms with Crippen LogP contribution in [0.2, 0.25) is 0 Å². The van der Waals surface area contributed by atoms with Crippen LogP contribution < -0.4 is 15.5 Å². The summed E-state index contributed by atoms with van der Waals surface area (Å²) in [5, 5.41) is 5.26. The SMILES string of the molecule is CNC(=O)Nc1ccc(-c2nc(N3C(C)COCC3C)cc(C3(S(=O)(=O)c4ccccc4)CC3)n2)cc1.